The molecule has 2 rings (SSSR count). The number of nitrogens with zero attached hydrogens (tertiary/aromatic N) is 2. The molecule has 0 aliphatic carbocycles. The van der Waals surface area contributed by atoms with Crippen molar-refractivity contribution in [3.05, 3.63) is 54.1 Å². The van der Waals surface area contributed by atoms with Crippen LogP contribution in [-0.2, 0) is 19.9 Å². The van der Waals surface area contributed by atoms with Gasteiger partial charge < -0.3 is 9.64 Å². The van der Waals surface area contributed by atoms with Crippen LogP contribution in [0.1, 0.15) is 30.6 Å². The Morgan fingerprint density at radius 2 is 1.59 bits per heavy atom. The molecule has 8 nitrogen and oxygen atoms in total. The van der Waals surface area contributed by atoms with E-state index in [1.165, 1.54) is 40.5 Å². The molecule has 2 aromatic rings. The molecule has 10 heteroatoms. The summed E-state index contributed by atoms with van der Waals surface area (Å²) < 4.78 is 55.5. The quantitative estimate of drug-likeness (QED) is 0.483. The predicted octanol–water partition coefficient (Wildman–Crippen LogP) is 2.66. The van der Waals surface area contributed by atoms with Crippen LogP contribution in [0.5, 0.6) is 5.75 Å². The fourth-order valence-corrected chi connectivity index (χ4v) is 4.91. The van der Waals surface area contributed by atoms with Gasteiger partial charge in [0.25, 0.3) is 5.91 Å². The van der Waals surface area contributed by atoms with E-state index in [0.717, 1.165) is 6.26 Å². The van der Waals surface area contributed by atoms with Gasteiger partial charge in [0.1, 0.15) is 5.75 Å². The lowest BCUT2D eigenvalue weighted by molar-refractivity contribution is 0.0787. The third-order valence-corrected chi connectivity index (χ3v) is 8.11. The maximum atomic E-state index is 12.8. The molecule has 0 aromatic heterocycles. The van der Waals surface area contributed by atoms with E-state index in [-0.39, 0.29) is 27.3 Å². The molecule has 0 saturated carbocycles. The van der Waals surface area contributed by atoms with Gasteiger partial charge in [-0.05, 0) is 56.7 Å². The maximum absolute atomic E-state index is 12.8. The normalized spacial score (nSPS) is 12.2. The van der Waals surface area contributed by atoms with Crippen LogP contribution in [0.3, 0.4) is 0 Å². The van der Waals surface area contributed by atoms with Gasteiger partial charge in [0.15, 0.2) is 9.84 Å². The Morgan fingerprint density at radius 1 is 0.969 bits per heavy atom. The van der Waals surface area contributed by atoms with Crippen molar-refractivity contribution in [1.29, 1.82) is 0 Å². The van der Waals surface area contributed by atoms with E-state index in [9.17, 15) is 21.6 Å². The Hall–Kier alpha value is -2.43. The summed E-state index contributed by atoms with van der Waals surface area (Å²) in [5.41, 5.74) is 0.285. The van der Waals surface area contributed by atoms with E-state index in [4.69, 9.17) is 4.74 Å². The van der Waals surface area contributed by atoms with Gasteiger partial charge >= 0.3 is 0 Å². The zero-order valence-corrected chi connectivity index (χ0v) is 20.6. The second kappa shape index (κ2) is 10.5. The first kappa shape index (κ1) is 25.8. The summed E-state index contributed by atoms with van der Waals surface area (Å²) in [6.07, 6.45) is 1.65. The molecule has 0 heterocycles. The number of benzene rings is 2. The fraction of sp³-hybridized carbons (Fsp3) is 0.409. The molecule has 0 N–H and O–H groups in total. The number of carbonyl (C=O) groups is 1. The largest absolute Gasteiger partial charge is 0.493 e. The van der Waals surface area contributed by atoms with E-state index in [0.29, 0.717) is 25.3 Å². The van der Waals surface area contributed by atoms with Gasteiger partial charge in [0, 0.05) is 38.5 Å². The lowest BCUT2D eigenvalue weighted by Gasteiger charge is -2.22. The zero-order chi connectivity index (χ0) is 24.1. The van der Waals surface area contributed by atoms with Gasteiger partial charge in [-0.1, -0.05) is 12.1 Å². The molecule has 0 bridgehead atoms. The summed E-state index contributed by atoms with van der Waals surface area (Å²) in [5, 5.41) is 0. The van der Waals surface area contributed by atoms with Crippen molar-refractivity contribution < 1.29 is 26.4 Å². The number of sulfone groups is 1. The summed E-state index contributed by atoms with van der Waals surface area (Å²) in [4.78, 5) is 14.5. The average molecular weight is 483 g/mol. The van der Waals surface area contributed by atoms with E-state index < -0.39 is 19.9 Å². The molecule has 0 fully saturated rings. The van der Waals surface area contributed by atoms with Crippen molar-refractivity contribution in [1.82, 2.24) is 9.21 Å². The van der Waals surface area contributed by atoms with Gasteiger partial charge in [-0.3, -0.25) is 4.79 Å². The van der Waals surface area contributed by atoms with Crippen LogP contribution in [-0.4, -0.2) is 71.5 Å². The Kier molecular flexibility index (Phi) is 8.44. The Morgan fingerprint density at radius 3 is 2.22 bits per heavy atom. The van der Waals surface area contributed by atoms with Crippen molar-refractivity contribution in [2.45, 2.75) is 36.1 Å². The molecule has 176 valence electrons. The summed E-state index contributed by atoms with van der Waals surface area (Å²) in [7, 11) is -3.86. The first-order valence-corrected chi connectivity index (χ1v) is 13.4. The van der Waals surface area contributed by atoms with E-state index in [1.54, 1.807) is 45.2 Å². The van der Waals surface area contributed by atoms with Crippen LogP contribution in [0.25, 0.3) is 0 Å². The molecular formula is C22H30N2O6S2. The van der Waals surface area contributed by atoms with Crippen molar-refractivity contribution in [3.8, 4) is 5.75 Å². The smallest absolute Gasteiger partial charge is 0.253 e. The highest BCUT2D eigenvalue weighted by Crippen LogP contribution is 2.19. The number of hydrogen-bond donors (Lipinski definition) is 0. The van der Waals surface area contributed by atoms with Crippen LogP contribution in [0.15, 0.2) is 58.3 Å². The molecule has 1 amide bonds. The number of hydrogen-bond acceptors (Lipinski definition) is 6. The molecule has 0 radical (unpaired) electrons. The second-order valence-electron chi connectivity index (χ2n) is 7.82. The van der Waals surface area contributed by atoms with Crippen molar-refractivity contribution in [3.63, 3.8) is 0 Å². The number of ether oxygens (including phenoxy) is 1. The summed E-state index contributed by atoms with van der Waals surface area (Å²) in [6.45, 7) is 4.23. The lowest BCUT2D eigenvalue weighted by Crippen LogP contribution is -2.33. The van der Waals surface area contributed by atoms with Crippen molar-refractivity contribution >= 4 is 25.8 Å². The molecule has 2 aromatic carbocycles. The molecule has 0 aliphatic heterocycles. The third-order valence-electron chi connectivity index (χ3n) is 4.97. The highest BCUT2D eigenvalue weighted by atomic mass is 32.2. The Balaban J connectivity index is 1.98. The maximum Gasteiger partial charge on any atom is 0.253 e. The zero-order valence-electron chi connectivity index (χ0n) is 19.0. The molecule has 0 atom stereocenters. The van der Waals surface area contributed by atoms with Crippen LogP contribution in [0.4, 0.5) is 0 Å². The Labute approximate surface area is 190 Å². The van der Waals surface area contributed by atoms with Crippen molar-refractivity contribution in [2.75, 3.05) is 33.5 Å². The standard InChI is InChI=1S/C22H30N2O6S2/c1-17(2)24(4)32(28,29)21-12-6-9-18(15-21)22(25)23(3)13-8-14-30-19-10-7-11-20(16-19)31(5,26)27/h6-7,9-12,15-17H,8,13-14H2,1-5H3. The molecule has 0 unspecified atom stereocenters. The molecule has 0 spiro atoms. The SMILES string of the molecule is CC(C)N(C)S(=O)(=O)c1cccc(C(=O)N(C)CCCOc2cccc(S(C)(=O)=O)c2)c1. The van der Waals surface area contributed by atoms with E-state index in [1.807, 2.05) is 0 Å². The topological polar surface area (TPSA) is 101 Å². The van der Waals surface area contributed by atoms with Crippen molar-refractivity contribution in [2.24, 2.45) is 0 Å². The molecule has 32 heavy (non-hydrogen) atoms. The van der Waals surface area contributed by atoms with Gasteiger partial charge in [-0.2, -0.15) is 4.31 Å². The minimum Gasteiger partial charge on any atom is -0.493 e. The number of carbonyl (C=O) groups excluding carboxylic acids is 1. The summed E-state index contributed by atoms with van der Waals surface area (Å²) in [6, 6.07) is 12.0. The monoisotopic (exact) mass is 482 g/mol. The highest BCUT2D eigenvalue weighted by Gasteiger charge is 2.24. The van der Waals surface area contributed by atoms with Crippen LogP contribution >= 0.6 is 0 Å². The van der Waals surface area contributed by atoms with E-state index >= 15 is 0 Å². The van der Waals surface area contributed by atoms with Crippen LogP contribution in [0, 0.1) is 0 Å². The predicted molar refractivity (Wildman–Crippen MR) is 123 cm³/mol. The van der Waals surface area contributed by atoms with Crippen LogP contribution in [0.2, 0.25) is 0 Å². The van der Waals surface area contributed by atoms with Gasteiger partial charge in [-0.15, -0.1) is 0 Å². The number of amides is 1. The summed E-state index contributed by atoms with van der Waals surface area (Å²) in [5.74, 6) is 0.141. The number of sulfonamides is 1. The average Bonchev–Trinajstić information content (AvgIpc) is 2.75. The fourth-order valence-electron chi connectivity index (χ4n) is 2.84. The number of rotatable bonds is 10. The van der Waals surface area contributed by atoms with Crippen LogP contribution < -0.4 is 4.74 Å². The first-order valence-electron chi connectivity index (χ1n) is 10.1. The molecule has 0 saturated heterocycles. The molecule has 0 aliphatic rings. The summed E-state index contributed by atoms with van der Waals surface area (Å²) >= 11 is 0. The van der Waals surface area contributed by atoms with E-state index in [2.05, 4.69) is 0 Å². The second-order valence-corrected chi connectivity index (χ2v) is 11.8. The van der Waals surface area contributed by atoms with Gasteiger partial charge in [-0.25, -0.2) is 16.8 Å². The lowest BCUT2D eigenvalue weighted by atomic mass is 10.2. The van der Waals surface area contributed by atoms with Gasteiger partial charge in [0.2, 0.25) is 10.0 Å². The Bertz CT molecular complexity index is 1160. The first-order chi connectivity index (χ1) is 14.8. The highest BCUT2D eigenvalue weighted by molar-refractivity contribution is 7.90. The minimum absolute atomic E-state index is 0.0713. The molecular weight excluding hydrogens is 452 g/mol. The third kappa shape index (κ3) is 6.54. The van der Waals surface area contributed by atoms with Gasteiger partial charge in [0.05, 0.1) is 16.4 Å². The minimum atomic E-state index is -3.69.